The Hall–Kier alpha value is -2.41. The van der Waals surface area contributed by atoms with Crippen molar-refractivity contribution in [2.75, 3.05) is 5.32 Å². The van der Waals surface area contributed by atoms with Crippen molar-refractivity contribution in [2.24, 2.45) is 0 Å². The molecule has 0 fully saturated rings. The first-order valence-electron chi connectivity index (χ1n) is 5.73. The minimum atomic E-state index is -1.11. The van der Waals surface area contributed by atoms with Crippen molar-refractivity contribution in [1.82, 2.24) is 4.98 Å². The molecule has 1 amide bonds. The molecule has 0 saturated heterocycles. The number of thiophene rings is 1. The topological polar surface area (TPSA) is 99.3 Å². The maximum Gasteiger partial charge on any atom is 0.338 e. The van der Waals surface area contributed by atoms with Gasteiger partial charge in [-0.2, -0.15) is 0 Å². The summed E-state index contributed by atoms with van der Waals surface area (Å²) in [4.78, 5) is 38.2. The number of aromatic amines is 1. The van der Waals surface area contributed by atoms with E-state index in [0.717, 1.165) is 4.88 Å². The molecule has 0 spiro atoms. The van der Waals surface area contributed by atoms with E-state index in [-0.39, 0.29) is 16.1 Å². The molecule has 7 heteroatoms. The Morgan fingerprint density at radius 1 is 1.35 bits per heavy atom. The fraction of sp³-hybridized carbons (Fsp3) is 0.154. The molecule has 0 aliphatic carbocycles. The van der Waals surface area contributed by atoms with Crippen LogP contribution >= 0.6 is 11.3 Å². The summed E-state index contributed by atoms with van der Waals surface area (Å²) in [6.07, 6.45) is 2.70. The van der Waals surface area contributed by atoms with E-state index in [1.807, 2.05) is 0 Å². The second-order valence-corrected chi connectivity index (χ2v) is 5.39. The van der Waals surface area contributed by atoms with Crippen LogP contribution in [0.3, 0.4) is 0 Å². The normalized spacial score (nSPS) is 10.3. The molecule has 3 N–H and O–H groups in total. The molecule has 0 aromatic carbocycles. The van der Waals surface area contributed by atoms with Crippen molar-refractivity contribution in [3.63, 3.8) is 0 Å². The number of rotatable bonds is 3. The number of anilines is 1. The van der Waals surface area contributed by atoms with Gasteiger partial charge in [-0.05, 0) is 19.4 Å². The van der Waals surface area contributed by atoms with Gasteiger partial charge in [-0.1, -0.05) is 0 Å². The van der Waals surface area contributed by atoms with Gasteiger partial charge in [0.15, 0.2) is 5.43 Å². The maximum atomic E-state index is 12.0. The summed E-state index contributed by atoms with van der Waals surface area (Å²) in [6, 6.07) is 1.23. The lowest BCUT2D eigenvalue weighted by Crippen LogP contribution is -2.21. The third kappa shape index (κ3) is 2.48. The summed E-state index contributed by atoms with van der Waals surface area (Å²) in [5.41, 5.74) is 0.184. The predicted octanol–water partition coefficient (Wildman–Crippen LogP) is 2.00. The van der Waals surface area contributed by atoms with E-state index in [2.05, 4.69) is 10.3 Å². The number of aromatic nitrogens is 1. The zero-order chi connectivity index (χ0) is 14.9. The standard InChI is InChI=1S/C13H12N2O4S/c1-6-7(2)20-12(10(6)13(18)19)15-11(17)8-5-14-4-3-9(8)16/h3-5H,1-2H3,(H,14,16)(H,15,17)(H,18,19). The maximum absolute atomic E-state index is 12.0. The van der Waals surface area contributed by atoms with Crippen LogP contribution in [0.25, 0.3) is 0 Å². The van der Waals surface area contributed by atoms with Crippen LogP contribution in [-0.2, 0) is 0 Å². The Labute approximate surface area is 118 Å². The van der Waals surface area contributed by atoms with Crippen LogP contribution in [0.1, 0.15) is 31.2 Å². The number of aryl methyl sites for hydroxylation is 1. The first kappa shape index (κ1) is 14.0. The Balaban J connectivity index is 2.39. The lowest BCUT2D eigenvalue weighted by molar-refractivity contribution is 0.0697. The molecule has 2 heterocycles. The molecule has 104 valence electrons. The van der Waals surface area contributed by atoms with Crippen LogP contribution in [0.15, 0.2) is 23.3 Å². The number of carboxylic acids is 1. The zero-order valence-corrected chi connectivity index (χ0v) is 11.6. The molecule has 0 saturated carbocycles. The van der Waals surface area contributed by atoms with E-state index in [4.69, 9.17) is 0 Å². The van der Waals surface area contributed by atoms with E-state index in [9.17, 15) is 19.5 Å². The number of carbonyl (C=O) groups is 2. The quantitative estimate of drug-likeness (QED) is 0.805. The van der Waals surface area contributed by atoms with Crippen LogP contribution in [0, 0.1) is 13.8 Å². The number of nitrogens with one attached hydrogen (secondary N) is 2. The Kier molecular flexibility index (Phi) is 3.71. The summed E-state index contributed by atoms with van der Waals surface area (Å²) in [6.45, 7) is 3.46. The summed E-state index contributed by atoms with van der Waals surface area (Å²) in [5.74, 6) is -1.74. The highest BCUT2D eigenvalue weighted by atomic mass is 32.1. The van der Waals surface area contributed by atoms with Crippen LogP contribution < -0.4 is 10.7 Å². The van der Waals surface area contributed by atoms with Crippen molar-refractivity contribution >= 4 is 28.2 Å². The molecule has 0 aliphatic rings. The first-order valence-corrected chi connectivity index (χ1v) is 6.55. The molecular formula is C13H12N2O4S. The molecule has 20 heavy (non-hydrogen) atoms. The van der Waals surface area contributed by atoms with Gasteiger partial charge in [-0.25, -0.2) is 4.79 Å². The molecule has 2 aromatic heterocycles. The fourth-order valence-electron chi connectivity index (χ4n) is 1.74. The number of carboxylic acid groups (broad SMARTS) is 1. The number of hydrogen-bond donors (Lipinski definition) is 3. The lowest BCUT2D eigenvalue weighted by atomic mass is 10.1. The fourth-order valence-corrected chi connectivity index (χ4v) is 2.78. The zero-order valence-electron chi connectivity index (χ0n) is 10.8. The second kappa shape index (κ2) is 5.30. The van der Waals surface area contributed by atoms with E-state index < -0.39 is 17.3 Å². The van der Waals surface area contributed by atoms with Gasteiger partial charge in [0.1, 0.15) is 10.6 Å². The Morgan fingerprint density at radius 2 is 2.05 bits per heavy atom. The Bertz CT molecular complexity index is 745. The van der Waals surface area contributed by atoms with Gasteiger partial charge in [0.2, 0.25) is 0 Å². The smallest absolute Gasteiger partial charge is 0.338 e. The molecular weight excluding hydrogens is 280 g/mol. The van der Waals surface area contributed by atoms with Crippen LogP contribution in [-0.4, -0.2) is 22.0 Å². The highest BCUT2D eigenvalue weighted by Gasteiger charge is 2.21. The molecule has 0 atom stereocenters. The third-order valence-electron chi connectivity index (χ3n) is 2.89. The van der Waals surface area contributed by atoms with E-state index in [1.165, 1.54) is 29.8 Å². The highest BCUT2D eigenvalue weighted by Crippen LogP contribution is 2.32. The predicted molar refractivity (Wildman–Crippen MR) is 75.8 cm³/mol. The SMILES string of the molecule is Cc1sc(NC(=O)c2c[nH]ccc2=O)c(C(=O)O)c1C. The number of aromatic carboxylic acids is 1. The molecule has 2 rings (SSSR count). The van der Waals surface area contributed by atoms with Gasteiger partial charge in [-0.3, -0.25) is 9.59 Å². The Morgan fingerprint density at radius 3 is 2.65 bits per heavy atom. The minimum absolute atomic E-state index is 0.0625. The highest BCUT2D eigenvalue weighted by molar-refractivity contribution is 7.16. The third-order valence-corrected chi connectivity index (χ3v) is 4.02. The van der Waals surface area contributed by atoms with Crippen molar-refractivity contribution in [2.45, 2.75) is 13.8 Å². The van der Waals surface area contributed by atoms with E-state index in [1.54, 1.807) is 13.8 Å². The summed E-state index contributed by atoms with van der Waals surface area (Å²) in [7, 11) is 0. The average molecular weight is 292 g/mol. The summed E-state index contributed by atoms with van der Waals surface area (Å²) >= 11 is 1.17. The van der Waals surface area contributed by atoms with Gasteiger partial charge in [0.25, 0.3) is 5.91 Å². The van der Waals surface area contributed by atoms with Gasteiger partial charge in [0.05, 0.1) is 5.56 Å². The molecule has 0 unspecified atom stereocenters. The second-order valence-electron chi connectivity index (χ2n) is 4.17. The number of pyridine rings is 1. The van der Waals surface area contributed by atoms with Gasteiger partial charge >= 0.3 is 5.97 Å². The molecule has 0 radical (unpaired) electrons. The molecule has 0 aliphatic heterocycles. The average Bonchev–Trinajstić information content (AvgIpc) is 2.65. The van der Waals surface area contributed by atoms with Crippen molar-refractivity contribution in [3.8, 4) is 0 Å². The van der Waals surface area contributed by atoms with Gasteiger partial charge in [-0.15, -0.1) is 11.3 Å². The lowest BCUT2D eigenvalue weighted by Gasteiger charge is -2.03. The van der Waals surface area contributed by atoms with Gasteiger partial charge in [0, 0.05) is 23.3 Å². The number of amides is 1. The minimum Gasteiger partial charge on any atom is -0.478 e. The van der Waals surface area contributed by atoms with E-state index >= 15 is 0 Å². The van der Waals surface area contributed by atoms with E-state index in [0.29, 0.717) is 5.56 Å². The monoisotopic (exact) mass is 292 g/mol. The molecule has 6 nitrogen and oxygen atoms in total. The number of hydrogen-bond acceptors (Lipinski definition) is 4. The van der Waals surface area contributed by atoms with Crippen molar-refractivity contribution < 1.29 is 14.7 Å². The van der Waals surface area contributed by atoms with Crippen LogP contribution in [0.5, 0.6) is 0 Å². The first-order chi connectivity index (χ1) is 9.41. The molecule has 0 bridgehead atoms. The van der Waals surface area contributed by atoms with Crippen LogP contribution in [0.4, 0.5) is 5.00 Å². The van der Waals surface area contributed by atoms with Crippen molar-refractivity contribution in [1.29, 1.82) is 0 Å². The van der Waals surface area contributed by atoms with Crippen molar-refractivity contribution in [3.05, 3.63) is 50.3 Å². The molecule has 2 aromatic rings. The largest absolute Gasteiger partial charge is 0.478 e. The summed E-state index contributed by atoms with van der Waals surface area (Å²) < 4.78 is 0. The van der Waals surface area contributed by atoms with Gasteiger partial charge < -0.3 is 15.4 Å². The number of carbonyl (C=O) groups excluding carboxylic acids is 1. The summed E-state index contributed by atoms with van der Waals surface area (Å²) in [5, 5.41) is 11.9. The van der Waals surface area contributed by atoms with Crippen LogP contribution in [0.2, 0.25) is 0 Å². The number of H-pyrrole nitrogens is 1.